The first-order chi connectivity index (χ1) is 10.4. The van der Waals surface area contributed by atoms with Gasteiger partial charge in [-0.1, -0.05) is 45.0 Å². The zero-order chi connectivity index (χ0) is 16.2. The Hall–Kier alpha value is -1.35. The third-order valence-electron chi connectivity index (χ3n) is 4.36. The smallest absolute Gasteiger partial charge is 0.222 e. The molecule has 0 saturated carbocycles. The maximum atomic E-state index is 12.3. The molecule has 1 atom stereocenters. The summed E-state index contributed by atoms with van der Waals surface area (Å²) < 4.78 is 5.38. The van der Waals surface area contributed by atoms with Crippen molar-refractivity contribution < 1.29 is 9.53 Å². The highest BCUT2D eigenvalue weighted by Crippen LogP contribution is 2.22. The maximum Gasteiger partial charge on any atom is 0.222 e. The normalized spacial score (nSPS) is 19.3. The molecule has 1 heterocycles. The Kier molecular flexibility index (Phi) is 5.63. The number of carbonyl (C=O) groups excluding carboxylic acids is 1. The van der Waals surface area contributed by atoms with Crippen molar-refractivity contribution in [2.45, 2.75) is 58.4 Å². The van der Waals surface area contributed by atoms with E-state index in [9.17, 15) is 4.79 Å². The molecule has 1 aliphatic rings. The van der Waals surface area contributed by atoms with E-state index in [2.05, 4.69) is 52.0 Å². The van der Waals surface area contributed by atoms with E-state index < -0.39 is 0 Å². The van der Waals surface area contributed by atoms with Gasteiger partial charge in [-0.3, -0.25) is 4.79 Å². The second kappa shape index (κ2) is 7.28. The predicted octanol–water partition coefficient (Wildman–Crippen LogP) is 3.55. The summed E-state index contributed by atoms with van der Waals surface area (Å²) in [5.41, 5.74) is 2.87. The lowest BCUT2D eigenvalue weighted by Gasteiger charge is -2.33. The zero-order valence-corrected chi connectivity index (χ0v) is 14.4. The number of hydrogen-bond acceptors (Lipinski definition) is 2. The van der Waals surface area contributed by atoms with Gasteiger partial charge in [0, 0.05) is 13.0 Å². The monoisotopic (exact) mass is 303 g/mol. The van der Waals surface area contributed by atoms with Crippen LogP contribution in [0.1, 0.15) is 51.7 Å². The van der Waals surface area contributed by atoms with Gasteiger partial charge in [-0.2, -0.15) is 0 Å². The van der Waals surface area contributed by atoms with Gasteiger partial charge >= 0.3 is 0 Å². The topological polar surface area (TPSA) is 29.5 Å². The largest absolute Gasteiger partial charge is 0.377 e. The lowest BCUT2D eigenvalue weighted by atomic mass is 9.86. The fourth-order valence-electron chi connectivity index (χ4n) is 2.86. The molecule has 0 radical (unpaired) electrons. The number of ether oxygens (including phenoxy) is 1. The van der Waals surface area contributed by atoms with Gasteiger partial charge in [0.15, 0.2) is 0 Å². The first-order valence-corrected chi connectivity index (χ1v) is 8.34. The molecule has 3 heteroatoms. The van der Waals surface area contributed by atoms with E-state index in [0.717, 1.165) is 19.4 Å². The van der Waals surface area contributed by atoms with E-state index in [1.165, 1.54) is 11.1 Å². The number of morpholine rings is 1. The molecule has 1 fully saturated rings. The van der Waals surface area contributed by atoms with E-state index in [1.807, 2.05) is 4.90 Å². The lowest BCUT2D eigenvalue weighted by Crippen LogP contribution is -2.47. The summed E-state index contributed by atoms with van der Waals surface area (Å²) >= 11 is 0. The minimum atomic E-state index is 0.195. The van der Waals surface area contributed by atoms with Crippen molar-refractivity contribution in [1.82, 2.24) is 4.90 Å². The Balaban J connectivity index is 1.79. The van der Waals surface area contributed by atoms with E-state index in [-0.39, 0.29) is 17.4 Å². The first kappa shape index (κ1) is 17.0. The van der Waals surface area contributed by atoms with Crippen molar-refractivity contribution >= 4 is 5.91 Å². The molecule has 1 aliphatic heterocycles. The summed E-state index contributed by atoms with van der Waals surface area (Å²) in [5.74, 6) is 0.266. The van der Waals surface area contributed by atoms with Gasteiger partial charge in [0.25, 0.3) is 0 Å². The van der Waals surface area contributed by atoms with Gasteiger partial charge in [0.2, 0.25) is 5.91 Å². The highest BCUT2D eigenvalue weighted by atomic mass is 16.5. The Labute approximate surface area is 134 Å². The van der Waals surface area contributed by atoms with Crippen LogP contribution in [0, 0.1) is 0 Å². The van der Waals surface area contributed by atoms with E-state index in [1.54, 1.807) is 0 Å². The standard InChI is InChI=1S/C19H29NO2/c1-15-14-22-13-12-20(15)18(21)7-5-6-16-8-10-17(11-9-16)19(2,3)4/h8-11,15H,5-7,12-14H2,1-4H3. The van der Waals surface area contributed by atoms with Crippen LogP contribution in [0.15, 0.2) is 24.3 Å². The van der Waals surface area contributed by atoms with Gasteiger partial charge in [0.1, 0.15) is 0 Å². The van der Waals surface area contributed by atoms with Gasteiger partial charge < -0.3 is 9.64 Å². The van der Waals surface area contributed by atoms with Gasteiger partial charge in [-0.15, -0.1) is 0 Å². The van der Waals surface area contributed by atoms with E-state index in [4.69, 9.17) is 4.74 Å². The van der Waals surface area contributed by atoms with Crippen molar-refractivity contribution in [3.8, 4) is 0 Å². The fourth-order valence-corrected chi connectivity index (χ4v) is 2.86. The molecule has 1 saturated heterocycles. The predicted molar refractivity (Wildman–Crippen MR) is 90.1 cm³/mol. The molecule has 0 spiro atoms. The Bertz CT molecular complexity index is 487. The van der Waals surface area contributed by atoms with Crippen LogP contribution in [-0.2, 0) is 21.4 Å². The van der Waals surface area contributed by atoms with Gasteiger partial charge in [0.05, 0.1) is 19.3 Å². The summed E-state index contributed by atoms with van der Waals surface area (Å²) in [6.45, 7) is 10.8. The summed E-state index contributed by atoms with van der Waals surface area (Å²) in [6.07, 6.45) is 2.51. The molecule has 122 valence electrons. The van der Waals surface area contributed by atoms with Crippen LogP contribution in [-0.4, -0.2) is 36.6 Å². The molecule has 0 bridgehead atoms. The van der Waals surface area contributed by atoms with Crippen molar-refractivity contribution in [2.24, 2.45) is 0 Å². The molecule has 1 unspecified atom stereocenters. The van der Waals surface area contributed by atoms with Crippen LogP contribution in [0.2, 0.25) is 0 Å². The Morgan fingerprint density at radius 1 is 1.27 bits per heavy atom. The van der Waals surface area contributed by atoms with Gasteiger partial charge in [-0.05, 0) is 36.3 Å². The fraction of sp³-hybridized carbons (Fsp3) is 0.632. The molecular weight excluding hydrogens is 274 g/mol. The maximum absolute atomic E-state index is 12.3. The number of carbonyl (C=O) groups is 1. The van der Waals surface area contributed by atoms with Crippen molar-refractivity contribution in [3.63, 3.8) is 0 Å². The molecule has 0 aliphatic carbocycles. The average molecular weight is 303 g/mol. The third kappa shape index (κ3) is 4.57. The van der Waals surface area contributed by atoms with Crippen molar-refractivity contribution in [2.75, 3.05) is 19.8 Å². The Morgan fingerprint density at radius 2 is 1.95 bits per heavy atom. The minimum absolute atomic E-state index is 0.195. The minimum Gasteiger partial charge on any atom is -0.377 e. The molecule has 1 aromatic carbocycles. The number of rotatable bonds is 4. The summed E-state index contributed by atoms with van der Waals surface area (Å²) in [5, 5.41) is 0. The van der Waals surface area contributed by atoms with Crippen LogP contribution in [0.5, 0.6) is 0 Å². The van der Waals surface area contributed by atoms with Crippen LogP contribution in [0.25, 0.3) is 0 Å². The summed E-state index contributed by atoms with van der Waals surface area (Å²) in [6, 6.07) is 9.03. The van der Waals surface area contributed by atoms with Crippen molar-refractivity contribution in [3.05, 3.63) is 35.4 Å². The molecule has 3 nitrogen and oxygen atoms in total. The molecule has 2 rings (SSSR count). The molecule has 1 amide bonds. The first-order valence-electron chi connectivity index (χ1n) is 8.34. The number of amides is 1. The number of benzene rings is 1. The number of aryl methyl sites for hydroxylation is 1. The summed E-state index contributed by atoms with van der Waals surface area (Å²) in [7, 11) is 0. The van der Waals surface area contributed by atoms with E-state index >= 15 is 0 Å². The zero-order valence-electron chi connectivity index (χ0n) is 14.4. The van der Waals surface area contributed by atoms with Gasteiger partial charge in [-0.25, -0.2) is 0 Å². The molecule has 22 heavy (non-hydrogen) atoms. The molecule has 1 aromatic rings. The van der Waals surface area contributed by atoms with Crippen LogP contribution < -0.4 is 0 Å². The average Bonchev–Trinajstić information content (AvgIpc) is 2.47. The quantitative estimate of drug-likeness (QED) is 0.851. The lowest BCUT2D eigenvalue weighted by molar-refractivity contribution is -0.139. The van der Waals surface area contributed by atoms with Crippen LogP contribution >= 0.6 is 0 Å². The molecule has 0 N–H and O–H groups in total. The number of nitrogens with zero attached hydrogens (tertiary/aromatic N) is 1. The van der Waals surface area contributed by atoms with Crippen molar-refractivity contribution in [1.29, 1.82) is 0 Å². The summed E-state index contributed by atoms with van der Waals surface area (Å²) in [4.78, 5) is 14.2. The van der Waals surface area contributed by atoms with Crippen LogP contribution in [0.3, 0.4) is 0 Å². The molecule has 0 aromatic heterocycles. The second-order valence-electron chi connectivity index (χ2n) is 7.31. The second-order valence-corrected chi connectivity index (χ2v) is 7.31. The van der Waals surface area contributed by atoms with E-state index in [0.29, 0.717) is 19.6 Å². The highest BCUT2D eigenvalue weighted by molar-refractivity contribution is 5.76. The highest BCUT2D eigenvalue weighted by Gasteiger charge is 2.23. The number of hydrogen-bond donors (Lipinski definition) is 0. The molecular formula is C19H29NO2. The third-order valence-corrected chi connectivity index (χ3v) is 4.36. The van der Waals surface area contributed by atoms with Crippen LogP contribution in [0.4, 0.5) is 0 Å². The Morgan fingerprint density at radius 3 is 2.55 bits per heavy atom. The SMILES string of the molecule is CC1COCCN1C(=O)CCCc1ccc(C(C)(C)C)cc1.